The second-order valence-electron chi connectivity index (χ2n) is 4.60. The Morgan fingerprint density at radius 3 is 2.50 bits per heavy atom. The highest BCUT2D eigenvalue weighted by Gasteiger charge is 2.36. The minimum Gasteiger partial charge on any atom is -0.319 e. The molecule has 2 atom stereocenters. The molecule has 0 bridgehead atoms. The van der Waals surface area contributed by atoms with Crippen LogP contribution in [0.1, 0.15) is 38.5 Å². The summed E-state index contributed by atoms with van der Waals surface area (Å²) in [6.45, 7) is 1.27. The molecule has 0 saturated heterocycles. The first-order chi connectivity index (χ1) is 5.92. The molecule has 1 nitrogen and oxygen atoms in total. The molecule has 2 aliphatic carbocycles. The van der Waals surface area contributed by atoms with Gasteiger partial charge in [0.15, 0.2) is 0 Å². The predicted octanol–water partition coefficient (Wildman–Crippen LogP) is 2.42. The Balaban J connectivity index is 1.87. The van der Waals surface area contributed by atoms with E-state index in [0.29, 0.717) is 0 Å². The van der Waals surface area contributed by atoms with Crippen LogP contribution in [0.25, 0.3) is 0 Å². The lowest BCUT2D eigenvalue weighted by atomic mass is 9.76. The molecule has 0 spiro atoms. The van der Waals surface area contributed by atoms with Crippen LogP contribution < -0.4 is 5.32 Å². The molecule has 1 heteroatoms. The Hall–Kier alpha value is -0.0400. The molecular weight excluding hydrogens is 146 g/mol. The van der Waals surface area contributed by atoms with Gasteiger partial charge in [-0.25, -0.2) is 0 Å². The van der Waals surface area contributed by atoms with Crippen LogP contribution in [0.4, 0.5) is 0 Å². The first-order valence-electron chi connectivity index (χ1n) is 5.56. The maximum atomic E-state index is 3.35. The monoisotopic (exact) mass is 167 g/mol. The van der Waals surface area contributed by atoms with Gasteiger partial charge in [-0.05, 0) is 57.0 Å². The van der Waals surface area contributed by atoms with Crippen LogP contribution in [-0.2, 0) is 0 Å². The first kappa shape index (κ1) is 8.55. The van der Waals surface area contributed by atoms with Crippen LogP contribution in [0.3, 0.4) is 0 Å². The van der Waals surface area contributed by atoms with Crippen molar-refractivity contribution in [2.75, 3.05) is 13.6 Å². The summed E-state index contributed by atoms with van der Waals surface area (Å²) < 4.78 is 0. The molecule has 0 aromatic rings. The molecule has 2 fully saturated rings. The van der Waals surface area contributed by atoms with E-state index >= 15 is 0 Å². The summed E-state index contributed by atoms with van der Waals surface area (Å²) in [4.78, 5) is 0. The quantitative estimate of drug-likeness (QED) is 0.680. The van der Waals surface area contributed by atoms with Crippen molar-refractivity contribution in [1.29, 1.82) is 0 Å². The van der Waals surface area contributed by atoms with Gasteiger partial charge in [0.05, 0.1) is 0 Å². The standard InChI is InChI=1S/C11H21N/c1-12-8-10-4-2-3-5-11(10)9-6-7-9/h9-12H,2-8H2,1H3. The fourth-order valence-electron chi connectivity index (χ4n) is 2.90. The lowest BCUT2D eigenvalue weighted by Crippen LogP contribution is -2.29. The van der Waals surface area contributed by atoms with Crippen molar-refractivity contribution >= 4 is 0 Å². The van der Waals surface area contributed by atoms with Crippen LogP contribution in [-0.4, -0.2) is 13.6 Å². The van der Waals surface area contributed by atoms with E-state index < -0.39 is 0 Å². The maximum Gasteiger partial charge on any atom is -0.00208 e. The Morgan fingerprint density at radius 1 is 1.08 bits per heavy atom. The molecule has 12 heavy (non-hydrogen) atoms. The molecule has 0 aromatic carbocycles. The molecule has 1 N–H and O–H groups in total. The van der Waals surface area contributed by atoms with E-state index in [4.69, 9.17) is 0 Å². The Kier molecular flexibility index (Phi) is 2.69. The lowest BCUT2D eigenvalue weighted by molar-refractivity contribution is 0.208. The third-order valence-corrected chi connectivity index (χ3v) is 3.66. The number of rotatable bonds is 3. The van der Waals surface area contributed by atoms with Gasteiger partial charge in [0, 0.05) is 0 Å². The van der Waals surface area contributed by atoms with Crippen LogP contribution in [0.15, 0.2) is 0 Å². The molecule has 0 heterocycles. The fourth-order valence-corrected chi connectivity index (χ4v) is 2.90. The highest BCUT2D eigenvalue weighted by molar-refractivity contribution is 4.88. The summed E-state index contributed by atoms with van der Waals surface area (Å²) in [6.07, 6.45) is 9.06. The van der Waals surface area contributed by atoms with E-state index in [1.165, 1.54) is 45.1 Å². The van der Waals surface area contributed by atoms with Crippen molar-refractivity contribution in [2.24, 2.45) is 17.8 Å². The zero-order valence-electron chi connectivity index (χ0n) is 8.18. The van der Waals surface area contributed by atoms with E-state index in [-0.39, 0.29) is 0 Å². The highest BCUT2D eigenvalue weighted by Crippen LogP contribution is 2.46. The molecule has 0 radical (unpaired) electrons. The van der Waals surface area contributed by atoms with Gasteiger partial charge in [-0.3, -0.25) is 0 Å². The molecule has 2 unspecified atom stereocenters. The first-order valence-corrected chi connectivity index (χ1v) is 5.56. The van der Waals surface area contributed by atoms with Gasteiger partial charge in [0.25, 0.3) is 0 Å². The van der Waals surface area contributed by atoms with Crippen LogP contribution in [0.2, 0.25) is 0 Å². The van der Waals surface area contributed by atoms with Crippen molar-refractivity contribution in [1.82, 2.24) is 5.32 Å². The Morgan fingerprint density at radius 2 is 1.83 bits per heavy atom. The third kappa shape index (κ3) is 1.82. The van der Waals surface area contributed by atoms with E-state index in [0.717, 1.165) is 17.8 Å². The second kappa shape index (κ2) is 3.78. The SMILES string of the molecule is CNCC1CCCCC1C1CC1. The number of nitrogens with one attached hydrogen (secondary N) is 1. The van der Waals surface area contributed by atoms with E-state index in [1.54, 1.807) is 0 Å². The minimum atomic E-state index is 1.01. The summed E-state index contributed by atoms with van der Waals surface area (Å²) in [5, 5.41) is 3.35. The van der Waals surface area contributed by atoms with Gasteiger partial charge in [-0.15, -0.1) is 0 Å². The minimum absolute atomic E-state index is 1.01. The molecule has 2 aliphatic rings. The van der Waals surface area contributed by atoms with Crippen molar-refractivity contribution in [3.05, 3.63) is 0 Å². The maximum absolute atomic E-state index is 3.35. The van der Waals surface area contributed by atoms with Gasteiger partial charge in [-0.1, -0.05) is 12.8 Å². The Labute approximate surface area is 75.9 Å². The van der Waals surface area contributed by atoms with Crippen LogP contribution in [0.5, 0.6) is 0 Å². The number of hydrogen-bond acceptors (Lipinski definition) is 1. The van der Waals surface area contributed by atoms with Gasteiger partial charge in [0.2, 0.25) is 0 Å². The number of hydrogen-bond donors (Lipinski definition) is 1. The topological polar surface area (TPSA) is 12.0 Å². The average molecular weight is 167 g/mol. The predicted molar refractivity (Wildman–Crippen MR) is 52.1 cm³/mol. The van der Waals surface area contributed by atoms with E-state index in [9.17, 15) is 0 Å². The summed E-state index contributed by atoms with van der Waals surface area (Å²) in [5.41, 5.74) is 0. The fraction of sp³-hybridized carbons (Fsp3) is 1.00. The smallest absolute Gasteiger partial charge is 0.00208 e. The molecule has 0 amide bonds. The third-order valence-electron chi connectivity index (χ3n) is 3.66. The summed E-state index contributed by atoms with van der Waals surface area (Å²) in [7, 11) is 2.10. The summed E-state index contributed by atoms with van der Waals surface area (Å²) in [6, 6.07) is 0. The summed E-state index contributed by atoms with van der Waals surface area (Å²) >= 11 is 0. The largest absolute Gasteiger partial charge is 0.319 e. The van der Waals surface area contributed by atoms with Crippen molar-refractivity contribution in [2.45, 2.75) is 38.5 Å². The average Bonchev–Trinajstić information content (AvgIpc) is 2.89. The highest BCUT2D eigenvalue weighted by atomic mass is 14.8. The van der Waals surface area contributed by atoms with E-state index in [2.05, 4.69) is 12.4 Å². The lowest BCUT2D eigenvalue weighted by Gasteiger charge is -2.31. The normalized spacial score (nSPS) is 36.8. The van der Waals surface area contributed by atoms with Crippen molar-refractivity contribution in [3.63, 3.8) is 0 Å². The zero-order valence-corrected chi connectivity index (χ0v) is 8.18. The van der Waals surface area contributed by atoms with Gasteiger partial charge in [-0.2, -0.15) is 0 Å². The van der Waals surface area contributed by atoms with E-state index in [1.807, 2.05) is 0 Å². The van der Waals surface area contributed by atoms with Gasteiger partial charge in [0.1, 0.15) is 0 Å². The summed E-state index contributed by atoms with van der Waals surface area (Å²) in [5.74, 6) is 3.23. The van der Waals surface area contributed by atoms with Gasteiger partial charge >= 0.3 is 0 Å². The second-order valence-corrected chi connectivity index (χ2v) is 4.60. The molecule has 70 valence electrons. The van der Waals surface area contributed by atoms with Gasteiger partial charge < -0.3 is 5.32 Å². The Bertz CT molecular complexity index is 138. The molecular formula is C11H21N. The van der Waals surface area contributed by atoms with Crippen LogP contribution in [0, 0.1) is 17.8 Å². The zero-order chi connectivity index (χ0) is 8.39. The molecule has 0 aromatic heterocycles. The molecule has 2 saturated carbocycles. The van der Waals surface area contributed by atoms with Crippen molar-refractivity contribution < 1.29 is 0 Å². The van der Waals surface area contributed by atoms with Crippen molar-refractivity contribution in [3.8, 4) is 0 Å². The molecule has 0 aliphatic heterocycles. The molecule has 2 rings (SSSR count). The van der Waals surface area contributed by atoms with Crippen LogP contribution >= 0.6 is 0 Å².